The third-order valence-corrected chi connectivity index (χ3v) is 9.12. The highest BCUT2D eigenvalue weighted by molar-refractivity contribution is 7.10. The Kier molecular flexibility index (Phi) is 5.10. The summed E-state index contributed by atoms with van der Waals surface area (Å²) in [4.78, 5) is 0. The van der Waals surface area contributed by atoms with Crippen LogP contribution in [0.2, 0.25) is 5.04 Å². The molecule has 0 heterocycles. The lowest BCUT2D eigenvalue weighted by Crippen LogP contribution is -2.63. The first-order valence-electron chi connectivity index (χ1n) is 7.77. The molecule has 0 saturated carbocycles. The van der Waals surface area contributed by atoms with E-state index >= 15 is 0 Å². The summed E-state index contributed by atoms with van der Waals surface area (Å²) in [6.07, 6.45) is 2.99. The minimum atomic E-state index is -2.27. The predicted molar refractivity (Wildman–Crippen MR) is 97.0 cm³/mol. The zero-order valence-electron chi connectivity index (χ0n) is 13.9. The molecule has 0 aliphatic rings. The van der Waals surface area contributed by atoms with Gasteiger partial charge in [-0.3, -0.25) is 0 Å². The average Bonchev–Trinajstić information content (AvgIpc) is 2.52. The molecule has 0 saturated heterocycles. The molecule has 2 aromatic rings. The Morgan fingerprint density at radius 2 is 1.32 bits per heavy atom. The van der Waals surface area contributed by atoms with Gasteiger partial charge in [0, 0.05) is 0 Å². The lowest BCUT2D eigenvalue weighted by Gasteiger charge is -2.39. The van der Waals surface area contributed by atoms with Gasteiger partial charge in [0.2, 0.25) is 8.07 Å². The van der Waals surface area contributed by atoms with Gasteiger partial charge in [0.25, 0.3) is 0 Å². The van der Waals surface area contributed by atoms with Crippen molar-refractivity contribution in [1.29, 1.82) is 0 Å². The summed E-state index contributed by atoms with van der Waals surface area (Å²) in [5.74, 6) is 0. The van der Waals surface area contributed by atoms with Gasteiger partial charge in [0.05, 0.1) is 6.61 Å². The molecule has 2 heteroatoms. The zero-order valence-corrected chi connectivity index (χ0v) is 14.9. The molecule has 0 amide bonds. The highest BCUT2D eigenvalue weighted by atomic mass is 28.3. The number of ether oxygens (including phenoxy) is 1. The minimum absolute atomic E-state index is 0.0554. The van der Waals surface area contributed by atoms with E-state index in [1.165, 1.54) is 10.4 Å². The summed E-state index contributed by atoms with van der Waals surface area (Å²) in [5, 5.41) is 2.72. The second-order valence-corrected chi connectivity index (χ2v) is 10.8. The van der Waals surface area contributed by atoms with Crippen molar-refractivity contribution in [2.75, 3.05) is 6.61 Å². The molecule has 114 valence electrons. The van der Waals surface area contributed by atoms with Crippen molar-refractivity contribution in [2.24, 2.45) is 0 Å². The Morgan fingerprint density at radius 3 is 1.68 bits per heavy atom. The van der Waals surface area contributed by atoms with Crippen molar-refractivity contribution in [3.63, 3.8) is 0 Å². The zero-order chi connectivity index (χ0) is 16.1. The molecular formula is C20H24OSi. The van der Waals surface area contributed by atoms with Crippen molar-refractivity contribution in [3.8, 4) is 11.7 Å². The Labute approximate surface area is 135 Å². The van der Waals surface area contributed by atoms with Crippen LogP contribution in [0.5, 0.6) is 0 Å². The van der Waals surface area contributed by atoms with Gasteiger partial charge in [-0.2, -0.15) is 0 Å². The van der Waals surface area contributed by atoms with E-state index in [1.54, 1.807) is 0 Å². The molecule has 2 aromatic carbocycles. The summed E-state index contributed by atoms with van der Waals surface area (Å²) < 4.78 is 5.40. The maximum atomic E-state index is 5.40. The van der Waals surface area contributed by atoms with Crippen LogP contribution >= 0.6 is 0 Å². The van der Waals surface area contributed by atoms with Crippen LogP contribution in [0.1, 0.15) is 27.7 Å². The molecule has 0 N–H and O–H groups in total. The highest BCUT2D eigenvalue weighted by Gasteiger charge is 2.47. The number of hydrogen-bond donors (Lipinski definition) is 0. The van der Waals surface area contributed by atoms with Crippen LogP contribution < -0.4 is 10.4 Å². The topological polar surface area (TPSA) is 9.23 Å². The Bertz CT molecular complexity index is 605. The summed E-state index contributed by atoms with van der Waals surface area (Å²) in [7, 11) is -2.27. The molecule has 0 radical (unpaired) electrons. The molecule has 0 aliphatic heterocycles. The highest BCUT2D eigenvalue weighted by Crippen LogP contribution is 2.35. The first-order valence-corrected chi connectivity index (χ1v) is 9.77. The van der Waals surface area contributed by atoms with E-state index < -0.39 is 8.07 Å². The average molecular weight is 308 g/mol. The molecule has 0 aliphatic carbocycles. The second-order valence-electron chi connectivity index (χ2n) is 6.39. The summed E-state index contributed by atoms with van der Waals surface area (Å²) in [5.41, 5.74) is 3.57. The van der Waals surface area contributed by atoms with Crippen molar-refractivity contribution in [1.82, 2.24) is 0 Å². The molecule has 1 nitrogen and oxygen atoms in total. The SMILES string of the molecule is CCOC#C[Si](c1ccccc1)(c1ccccc1)C(C)(C)C. The van der Waals surface area contributed by atoms with Crippen LogP contribution in [-0.4, -0.2) is 14.7 Å². The molecule has 0 aromatic heterocycles. The molecular weight excluding hydrogens is 284 g/mol. The molecule has 2 rings (SSSR count). The van der Waals surface area contributed by atoms with Crippen LogP contribution in [0, 0.1) is 11.7 Å². The van der Waals surface area contributed by atoms with Gasteiger partial charge in [-0.25, -0.2) is 0 Å². The van der Waals surface area contributed by atoms with Crippen molar-refractivity contribution in [3.05, 3.63) is 60.7 Å². The van der Waals surface area contributed by atoms with E-state index in [4.69, 9.17) is 4.74 Å². The summed E-state index contributed by atoms with van der Waals surface area (Å²) >= 11 is 0. The molecule has 0 spiro atoms. The van der Waals surface area contributed by atoms with E-state index in [2.05, 4.69) is 93.1 Å². The Balaban J connectivity index is 2.74. The van der Waals surface area contributed by atoms with Crippen molar-refractivity contribution < 1.29 is 4.74 Å². The van der Waals surface area contributed by atoms with Gasteiger partial charge in [0.15, 0.2) is 0 Å². The minimum Gasteiger partial charge on any atom is -0.447 e. The van der Waals surface area contributed by atoms with Crippen LogP contribution in [-0.2, 0) is 4.74 Å². The number of rotatable bonds is 3. The fraction of sp³-hybridized carbons (Fsp3) is 0.300. The third kappa shape index (κ3) is 3.10. The standard InChI is InChI=1S/C20H24OSi/c1-5-21-16-17-22(20(2,3)4,18-12-8-6-9-13-18)19-14-10-7-11-15-19/h6-15H,5H2,1-4H3. The van der Waals surface area contributed by atoms with Gasteiger partial charge < -0.3 is 4.74 Å². The number of hydrogen-bond acceptors (Lipinski definition) is 1. The monoisotopic (exact) mass is 308 g/mol. The van der Waals surface area contributed by atoms with E-state index in [1.807, 2.05) is 6.92 Å². The summed E-state index contributed by atoms with van der Waals surface area (Å²) in [6.45, 7) is 9.46. The normalized spacial score (nSPS) is 11.5. The van der Waals surface area contributed by atoms with E-state index in [0.29, 0.717) is 6.61 Å². The first-order chi connectivity index (χ1) is 10.5. The van der Waals surface area contributed by atoms with Gasteiger partial charge >= 0.3 is 0 Å². The predicted octanol–water partition coefficient (Wildman–Crippen LogP) is 3.59. The molecule has 0 bridgehead atoms. The second kappa shape index (κ2) is 6.85. The quantitative estimate of drug-likeness (QED) is 0.622. The van der Waals surface area contributed by atoms with Crippen LogP contribution in [0.4, 0.5) is 0 Å². The summed E-state index contributed by atoms with van der Waals surface area (Å²) in [6, 6.07) is 21.4. The van der Waals surface area contributed by atoms with E-state index in [0.717, 1.165) is 0 Å². The largest absolute Gasteiger partial charge is 0.447 e. The van der Waals surface area contributed by atoms with Gasteiger partial charge in [-0.15, -0.1) is 0 Å². The molecule has 0 atom stereocenters. The maximum Gasteiger partial charge on any atom is 0.208 e. The van der Waals surface area contributed by atoms with Crippen LogP contribution in [0.15, 0.2) is 60.7 Å². The Hall–Kier alpha value is -1.98. The lowest BCUT2D eigenvalue weighted by atomic mass is 10.2. The Morgan fingerprint density at radius 1 is 0.864 bits per heavy atom. The third-order valence-electron chi connectivity index (χ3n) is 3.99. The van der Waals surface area contributed by atoms with E-state index in [-0.39, 0.29) is 5.04 Å². The van der Waals surface area contributed by atoms with Gasteiger partial charge in [-0.1, -0.05) is 87.0 Å². The van der Waals surface area contributed by atoms with E-state index in [9.17, 15) is 0 Å². The smallest absolute Gasteiger partial charge is 0.208 e. The number of benzene rings is 2. The fourth-order valence-corrected chi connectivity index (χ4v) is 7.26. The van der Waals surface area contributed by atoms with Gasteiger partial charge in [0.1, 0.15) is 6.11 Å². The molecule has 22 heavy (non-hydrogen) atoms. The van der Waals surface area contributed by atoms with Crippen molar-refractivity contribution >= 4 is 18.4 Å². The molecule has 0 unspecified atom stereocenters. The lowest BCUT2D eigenvalue weighted by molar-refractivity contribution is 0.299. The van der Waals surface area contributed by atoms with Crippen LogP contribution in [0.3, 0.4) is 0 Å². The fourth-order valence-electron chi connectivity index (χ4n) is 2.93. The van der Waals surface area contributed by atoms with Gasteiger partial charge in [-0.05, 0) is 22.3 Å². The first kappa shape index (κ1) is 16.4. The molecule has 0 fully saturated rings. The van der Waals surface area contributed by atoms with Crippen LogP contribution in [0.25, 0.3) is 0 Å². The maximum absolute atomic E-state index is 5.40. The van der Waals surface area contributed by atoms with Crippen molar-refractivity contribution in [2.45, 2.75) is 32.7 Å².